The topological polar surface area (TPSA) is 251 Å². The minimum Gasteiger partial charge on any atom is -0.477 e. The standard InChI is InChI=1S/C24H17N3O12S2/c28-21-16(19(23(30)31)25-18(21)12-4-8-14(9-5-12)40(34,35)36)2-1-3-17-20(24(32)33)26-27(22(17)29)13-6-10-15(11-7-13)41(37,38)39/h1-11,18,26H,(H,30,31)(H,32,33)(H,34,35,36)(H,37,38,39). The van der Waals surface area contributed by atoms with Crippen LogP contribution < -0.4 is 5.56 Å². The number of aliphatic carboxylic acids is 1. The number of ketones is 1. The number of aliphatic imine (C=N–C) groups is 1. The lowest BCUT2D eigenvalue weighted by Gasteiger charge is -2.06. The maximum atomic E-state index is 13.0. The second kappa shape index (κ2) is 10.5. The number of nitrogens with one attached hydrogen (secondary N) is 1. The highest BCUT2D eigenvalue weighted by Gasteiger charge is 2.36. The highest BCUT2D eigenvalue weighted by atomic mass is 32.2. The maximum Gasteiger partial charge on any atom is 0.354 e. The molecule has 2 heterocycles. The van der Waals surface area contributed by atoms with E-state index in [1.807, 2.05) is 0 Å². The van der Waals surface area contributed by atoms with Crippen molar-refractivity contribution in [2.24, 2.45) is 4.99 Å². The Labute approximate surface area is 229 Å². The quantitative estimate of drug-likeness (QED) is 0.180. The number of aromatic amines is 1. The third-order valence-corrected chi connectivity index (χ3v) is 7.52. The van der Waals surface area contributed by atoms with Crippen LogP contribution in [0.5, 0.6) is 0 Å². The van der Waals surface area contributed by atoms with E-state index in [4.69, 9.17) is 9.11 Å². The van der Waals surface area contributed by atoms with Crippen molar-refractivity contribution < 1.29 is 50.5 Å². The van der Waals surface area contributed by atoms with Crippen molar-refractivity contribution >= 4 is 49.7 Å². The van der Waals surface area contributed by atoms with Crippen molar-refractivity contribution in [1.82, 2.24) is 9.78 Å². The molecule has 4 rings (SSSR count). The number of rotatable bonds is 8. The van der Waals surface area contributed by atoms with Crippen LogP contribution in [0.2, 0.25) is 0 Å². The molecule has 0 saturated heterocycles. The van der Waals surface area contributed by atoms with Gasteiger partial charge in [-0.3, -0.25) is 28.8 Å². The number of benzene rings is 2. The number of carbonyl (C=O) groups is 3. The minimum atomic E-state index is -4.52. The number of hydrogen-bond donors (Lipinski definition) is 5. The van der Waals surface area contributed by atoms with Gasteiger partial charge in [0.2, 0.25) is 0 Å². The lowest BCUT2D eigenvalue weighted by Crippen LogP contribution is -2.16. The van der Waals surface area contributed by atoms with E-state index in [0.717, 1.165) is 59.3 Å². The van der Waals surface area contributed by atoms with Crippen LogP contribution in [0.3, 0.4) is 0 Å². The second-order valence-corrected chi connectivity index (χ2v) is 11.2. The molecule has 0 bridgehead atoms. The second-order valence-electron chi connectivity index (χ2n) is 8.35. The van der Waals surface area contributed by atoms with Gasteiger partial charge in [-0.15, -0.1) is 0 Å². The molecular weight excluding hydrogens is 586 g/mol. The van der Waals surface area contributed by atoms with Crippen molar-refractivity contribution in [1.29, 1.82) is 0 Å². The Kier molecular flexibility index (Phi) is 7.46. The summed E-state index contributed by atoms with van der Waals surface area (Å²) >= 11 is 0. The number of hydrogen-bond acceptors (Lipinski definition) is 9. The summed E-state index contributed by atoms with van der Waals surface area (Å²) in [5.41, 5.74) is -2.72. The summed E-state index contributed by atoms with van der Waals surface area (Å²) in [5, 5.41) is 21.5. The molecule has 0 fully saturated rings. The summed E-state index contributed by atoms with van der Waals surface area (Å²) in [6.45, 7) is 0. The number of nitrogens with zero attached hydrogens (tertiary/aromatic N) is 2. The molecule has 15 nitrogen and oxygen atoms in total. The van der Waals surface area contributed by atoms with Crippen molar-refractivity contribution in [3.63, 3.8) is 0 Å². The van der Waals surface area contributed by atoms with Gasteiger partial charge in [-0.2, -0.15) is 16.8 Å². The van der Waals surface area contributed by atoms with Crippen molar-refractivity contribution in [3.05, 3.63) is 93.4 Å². The van der Waals surface area contributed by atoms with E-state index >= 15 is 0 Å². The molecule has 0 amide bonds. The van der Waals surface area contributed by atoms with E-state index < -0.39 is 76.3 Å². The molecule has 0 aliphatic carbocycles. The number of carboxylic acid groups (broad SMARTS) is 2. The molecule has 41 heavy (non-hydrogen) atoms. The predicted molar refractivity (Wildman–Crippen MR) is 139 cm³/mol. The first-order valence-corrected chi connectivity index (χ1v) is 14.0. The number of carboxylic acids is 2. The molecule has 0 spiro atoms. The van der Waals surface area contributed by atoms with Crippen molar-refractivity contribution in [2.75, 3.05) is 0 Å². The van der Waals surface area contributed by atoms with Crippen LogP contribution >= 0.6 is 0 Å². The van der Waals surface area contributed by atoms with Crippen LogP contribution in [-0.4, -0.2) is 69.4 Å². The molecule has 1 unspecified atom stereocenters. The van der Waals surface area contributed by atoms with Crippen LogP contribution in [-0.2, 0) is 29.8 Å². The molecule has 2 aromatic carbocycles. The van der Waals surface area contributed by atoms with E-state index in [-0.39, 0.29) is 16.8 Å². The number of Topliss-reactive ketones (excluding diaryl/α,β-unsaturated/α-hetero) is 1. The van der Waals surface area contributed by atoms with Gasteiger partial charge in [0.05, 0.1) is 26.6 Å². The summed E-state index contributed by atoms with van der Waals surface area (Å²) in [7, 11) is -9.02. The van der Waals surface area contributed by atoms with Gasteiger partial charge < -0.3 is 10.2 Å². The first kappa shape index (κ1) is 29.0. The van der Waals surface area contributed by atoms with Gasteiger partial charge in [-0.05, 0) is 54.1 Å². The molecule has 1 atom stereocenters. The Bertz CT molecular complexity index is 1960. The number of allylic oxidation sites excluding steroid dienone is 2. The zero-order valence-electron chi connectivity index (χ0n) is 20.2. The first-order chi connectivity index (χ1) is 19.1. The highest BCUT2D eigenvalue weighted by Crippen LogP contribution is 2.30. The van der Waals surface area contributed by atoms with E-state index in [9.17, 15) is 46.2 Å². The average Bonchev–Trinajstić information content (AvgIpc) is 3.40. The molecule has 1 aromatic heterocycles. The summed E-state index contributed by atoms with van der Waals surface area (Å²) in [5.74, 6) is -3.88. The fourth-order valence-corrected chi connectivity index (χ4v) is 4.82. The van der Waals surface area contributed by atoms with Crippen LogP contribution in [0.15, 0.2) is 85.8 Å². The lowest BCUT2D eigenvalue weighted by atomic mass is 9.99. The zero-order chi connectivity index (χ0) is 30.3. The van der Waals surface area contributed by atoms with E-state index in [2.05, 4.69) is 10.1 Å². The van der Waals surface area contributed by atoms with Crippen molar-refractivity contribution in [3.8, 4) is 5.69 Å². The zero-order valence-corrected chi connectivity index (χ0v) is 21.8. The fraction of sp³-hybridized carbons (Fsp3) is 0.0417. The number of aromatic nitrogens is 2. The molecule has 5 N–H and O–H groups in total. The average molecular weight is 604 g/mol. The highest BCUT2D eigenvalue weighted by molar-refractivity contribution is 7.86. The fourth-order valence-electron chi connectivity index (χ4n) is 3.86. The molecular formula is C24H17N3O12S2. The monoisotopic (exact) mass is 603 g/mol. The van der Waals surface area contributed by atoms with Gasteiger partial charge >= 0.3 is 11.9 Å². The Morgan fingerprint density at radius 2 is 1.39 bits per heavy atom. The normalized spacial score (nSPS) is 16.8. The molecule has 212 valence electrons. The van der Waals surface area contributed by atoms with Crippen molar-refractivity contribution in [2.45, 2.75) is 15.8 Å². The molecule has 17 heteroatoms. The van der Waals surface area contributed by atoms with E-state index in [0.29, 0.717) is 0 Å². The van der Waals surface area contributed by atoms with Crippen LogP contribution in [0.1, 0.15) is 27.7 Å². The third kappa shape index (κ3) is 5.82. The summed E-state index contributed by atoms with van der Waals surface area (Å²) < 4.78 is 64.0. The summed E-state index contributed by atoms with van der Waals surface area (Å²) in [6, 6.07) is 7.28. The number of H-pyrrole nitrogens is 1. The smallest absolute Gasteiger partial charge is 0.354 e. The molecule has 1 aliphatic heterocycles. The molecule has 1 aliphatic rings. The Morgan fingerprint density at radius 3 is 1.88 bits per heavy atom. The molecule has 0 saturated carbocycles. The predicted octanol–water partition coefficient (Wildman–Crippen LogP) is 1.15. The Morgan fingerprint density at radius 1 is 0.854 bits per heavy atom. The van der Waals surface area contributed by atoms with Gasteiger partial charge in [-0.25, -0.2) is 14.3 Å². The van der Waals surface area contributed by atoms with Crippen LogP contribution in [0.4, 0.5) is 0 Å². The van der Waals surface area contributed by atoms with Gasteiger partial charge in [-0.1, -0.05) is 18.2 Å². The van der Waals surface area contributed by atoms with Gasteiger partial charge in [0.1, 0.15) is 6.04 Å². The summed E-state index contributed by atoms with van der Waals surface area (Å²) in [4.78, 5) is 52.4. The summed E-state index contributed by atoms with van der Waals surface area (Å²) in [6.07, 6.45) is 3.10. The molecule has 3 aromatic rings. The van der Waals surface area contributed by atoms with E-state index in [1.165, 1.54) is 12.1 Å². The maximum absolute atomic E-state index is 13.0. The first-order valence-electron chi connectivity index (χ1n) is 11.1. The largest absolute Gasteiger partial charge is 0.477 e. The van der Waals surface area contributed by atoms with Crippen LogP contribution in [0.25, 0.3) is 11.8 Å². The van der Waals surface area contributed by atoms with Gasteiger partial charge in [0, 0.05) is 0 Å². The number of aromatic carboxylic acids is 1. The van der Waals surface area contributed by atoms with Gasteiger partial charge in [0.25, 0.3) is 25.8 Å². The Hall–Kier alpha value is -4.97. The van der Waals surface area contributed by atoms with Crippen LogP contribution in [0, 0.1) is 0 Å². The minimum absolute atomic E-state index is 0.0250. The lowest BCUT2D eigenvalue weighted by molar-refractivity contribution is -0.129. The number of carbonyl (C=O) groups excluding carboxylic acids is 1. The SMILES string of the molecule is O=C(O)C1=NC(c2ccc(S(=O)(=O)O)cc2)C(=O)C1=CC=Cc1c(C(=O)O)[nH]n(-c2ccc(S(=O)(=O)O)cc2)c1=O. The molecule has 0 radical (unpaired) electrons. The third-order valence-electron chi connectivity index (χ3n) is 5.78. The Balaban J connectivity index is 1.69. The van der Waals surface area contributed by atoms with Gasteiger partial charge in [0.15, 0.2) is 17.2 Å². The van der Waals surface area contributed by atoms with E-state index in [1.54, 1.807) is 0 Å².